The van der Waals surface area contributed by atoms with E-state index in [2.05, 4.69) is 4.98 Å². The minimum Gasteiger partial charge on any atom is -0.496 e. The number of nitrogens with zero attached hydrogens (tertiary/aromatic N) is 1. The van der Waals surface area contributed by atoms with Crippen molar-refractivity contribution >= 4 is 17.8 Å². The van der Waals surface area contributed by atoms with Crippen molar-refractivity contribution in [2.45, 2.75) is 6.92 Å². The van der Waals surface area contributed by atoms with Crippen molar-refractivity contribution in [3.05, 3.63) is 82.9 Å². The normalized spacial score (nSPS) is 13.5. The third-order valence-electron chi connectivity index (χ3n) is 4.85. The van der Waals surface area contributed by atoms with Crippen LogP contribution in [0.4, 0.5) is 0 Å². The first-order valence-corrected chi connectivity index (χ1v) is 9.44. The van der Waals surface area contributed by atoms with Gasteiger partial charge in [-0.25, -0.2) is 4.79 Å². The fraction of sp³-hybridized carbons (Fsp3) is 0.125. The summed E-state index contributed by atoms with van der Waals surface area (Å²) in [5.41, 5.74) is 1.85. The second-order valence-corrected chi connectivity index (χ2v) is 6.72. The Morgan fingerprint density at radius 2 is 1.74 bits per heavy atom. The van der Waals surface area contributed by atoms with Gasteiger partial charge < -0.3 is 18.9 Å². The molecule has 4 rings (SSSR count). The quantitative estimate of drug-likeness (QED) is 0.349. The molecular weight excluding hydrogens is 398 g/mol. The van der Waals surface area contributed by atoms with Crippen LogP contribution in [-0.4, -0.2) is 31.0 Å². The van der Waals surface area contributed by atoms with E-state index in [9.17, 15) is 9.59 Å². The summed E-state index contributed by atoms with van der Waals surface area (Å²) in [6, 6.07) is 11.7. The summed E-state index contributed by atoms with van der Waals surface area (Å²) < 4.78 is 22.0. The van der Waals surface area contributed by atoms with Gasteiger partial charge in [-0.3, -0.25) is 9.78 Å². The lowest BCUT2D eigenvalue weighted by Crippen LogP contribution is -2.12. The van der Waals surface area contributed by atoms with Crippen molar-refractivity contribution < 1.29 is 28.5 Å². The first-order chi connectivity index (χ1) is 15.0. The van der Waals surface area contributed by atoms with E-state index < -0.39 is 5.97 Å². The van der Waals surface area contributed by atoms with Crippen LogP contribution in [0.1, 0.15) is 31.8 Å². The highest BCUT2D eigenvalue weighted by Crippen LogP contribution is 2.40. The monoisotopic (exact) mass is 417 g/mol. The van der Waals surface area contributed by atoms with Gasteiger partial charge in [0.1, 0.15) is 28.6 Å². The summed E-state index contributed by atoms with van der Waals surface area (Å²) in [5.74, 6) is 0.581. The third-order valence-corrected chi connectivity index (χ3v) is 4.85. The van der Waals surface area contributed by atoms with E-state index in [1.807, 2.05) is 6.07 Å². The number of Topliss-reactive ketones (excluding diaryl/α,β-unsaturated/α-hetero) is 1. The molecule has 1 aliphatic rings. The van der Waals surface area contributed by atoms with Gasteiger partial charge in [-0.2, -0.15) is 0 Å². The Labute approximate surface area is 178 Å². The largest absolute Gasteiger partial charge is 0.496 e. The van der Waals surface area contributed by atoms with Crippen molar-refractivity contribution in [2.75, 3.05) is 14.2 Å². The molecule has 3 aromatic rings. The summed E-state index contributed by atoms with van der Waals surface area (Å²) >= 11 is 0. The number of allylic oxidation sites excluding steroid dienone is 1. The predicted molar refractivity (Wildman–Crippen MR) is 113 cm³/mol. The van der Waals surface area contributed by atoms with E-state index in [0.717, 1.165) is 5.56 Å². The van der Waals surface area contributed by atoms with Crippen molar-refractivity contribution in [3.8, 4) is 23.0 Å². The van der Waals surface area contributed by atoms with Gasteiger partial charge in [0.2, 0.25) is 5.78 Å². The van der Waals surface area contributed by atoms with Gasteiger partial charge in [0.05, 0.1) is 19.8 Å². The molecule has 0 saturated carbocycles. The minimum absolute atomic E-state index is 0.168. The Morgan fingerprint density at radius 1 is 1.00 bits per heavy atom. The summed E-state index contributed by atoms with van der Waals surface area (Å²) in [7, 11) is 2.92. The number of carbonyl (C=O) groups excluding carboxylic acids is 2. The molecule has 0 atom stereocenters. The Hall–Kier alpha value is -4.13. The van der Waals surface area contributed by atoms with E-state index in [-0.39, 0.29) is 22.9 Å². The second-order valence-electron chi connectivity index (χ2n) is 6.72. The molecule has 2 aromatic carbocycles. The fourth-order valence-corrected chi connectivity index (χ4v) is 3.29. The first kappa shape index (κ1) is 20.2. The van der Waals surface area contributed by atoms with Crippen molar-refractivity contribution in [1.82, 2.24) is 4.98 Å². The maximum atomic E-state index is 12.9. The molecule has 2 heterocycles. The van der Waals surface area contributed by atoms with Crippen LogP contribution in [0, 0.1) is 6.92 Å². The smallest absolute Gasteiger partial charge is 0.351 e. The van der Waals surface area contributed by atoms with E-state index in [0.29, 0.717) is 28.4 Å². The van der Waals surface area contributed by atoms with Crippen LogP contribution < -0.4 is 18.9 Å². The van der Waals surface area contributed by atoms with Gasteiger partial charge in [0.25, 0.3) is 0 Å². The van der Waals surface area contributed by atoms with Gasteiger partial charge in [-0.15, -0.1) is 0 Å². The van der Waals surface area contributed by atoms with Crippen LogP contribution in [0.25, 0.3) is 6.08 Å². The molecule has 1 aliphatic heterocycles. The number of pyridine rings is 1. The number of aromatic nitrogens is 1. The molecule has 1 aromatic heterocycles. The molecule has 0 N–H and O–H groups in total. The number of carbonyl (C=O) groups is 2. The lowest BCUT2D eigenvalue weighted by Gasteiger charge is -2.14. The van der Waals surface area contributed by atoms with E-state index in [1.54, 1.807) is 61.8 Å². The number of benzene rings is 2. The SMILES string of the molecule is COc1cccc(OC)c1C(=O)Oc1ccc2c(c1C)O/C(=C\c1cccnc1)C2=O. The zero-order valence-corrected chi connectivity index (χ0v) is 17.2. The molecule has 0 saturated heterocycles. The first-order valence-electron chi connectivity index (χ1n) is 9.44. The van der Waals surface area contributed by atoms with Crippen LogP contribution in [-0.2, 0) is 0 Å². The van der Waals surface area contributed by atoms with Crippen LogP contribution in [0.5, 0.6) is 23.0 Å². The Balaban J connectivity index is 1.65. The summed E-state index contributed by atoms with van der Waals surface area (Å²) in [4.78, 5) is 29.6. The summed E-state index contributed by atoms with van der Waals surface area (Å²) in [6.45, 7) is 1.72. The number of esters is 1. The highest BCUT2D eigenvalue weighted by molar-refractivity contribution is 6.15. The highest BCUT2D eigenvalue weighted by Gasteiger charge is 2.31. The van der Waals surface area contributed by atoms with Crippen LogP contribution in [0.2, 0.25) is 0 Å². The minimum atomic E-state index is -0.646. The number of ether oxygens (including phenoxy) is 4. The van der Waals surface area contributed by atoms with Gasteiger partial charge in [0, 0.05) is 18.0 Å². The third kappa shape index (κ3) is 3.73. The lowest BCUT2D eigenvalue weighted by atomic mass is 10.1. The molecule has 31 heavy (non-hydrogen) atoms. The molecule has 7 nitrogen and oxygen atoms in total. The predicted octanol–water partition coefficient (Wildman–Crippen LogP) is 4.24. The molecule has 0 spiro atoms. The zero-order valence-electron chi connectivity index (χ0n) is 17.2. The van der Waals surface area contributed by atoms with Crippen LogP contribution in [0.15, 0.2) is 60.6 Å². The van der Waals surface area contributed by atoms with Crippen molar-refractivity contribution in [3.63, 3.8) is 0 Å². The average Bonchev–Trinajstić information content (AvgIpc) is 3.11. The number of methoxy groups -OCH3 is 2. The molecule has 0 unspecified atom stereocenters. The van der Waals surface area contributed by atoms with Crippen LogP contribution >= 0.6 is 0 Å². The van der Waals surface area contributed by atoms with E-state index in [1.165, 1.54) is 14.2 Å². The highest BCUT2D eigenvalue weighted by atomic mass is 16.5. The second kappa shape index (κ2) is 8.31. The maximum absolute atomic E-state index is 12.9. The molecule has 0 amide bonds. The zero-order chi connectivity index (χ0) is 22.0. The number of hydrogen-bond acceptors (Lipinski definition) is 7. The molecule has 0 radical (unpaired) electrons. The van der Waals surface area contributed by atoms with Gasteiger partial charge >= 0.3 is 5.97 Å². The maximum Gasteiger partial charge on any atom is 0.351 e. The van der Waals surface area contributed by atoms with E-state index >= 15 is 0 Å². The standard InChI is InChI=1S/C24H19NO6/c1-14-17(31-24(27)21-18(28-2)7-4-8-19(21)29-3)10-9-16-22(26)20(30-23(14)16)12-15-6-5-11-25-13-15/h4-13H,1-3H3/b20-12-. The van der Waals surface area contributed by atoms with Gasteiger partial charge in [0.15, 0.2) is 5.76 Å². The Morgan fingerprint density at radius 3 is 2.39 bits per heavy atom. The lowest BCUT2D eigenvalue weighted by molar-refractivity contribution is 0.0726. The van der Waals surface area contributed by atoms with E-state index in [4.69, 9.17) is 18.9 Å². The number of ketones is 1. The molecule has 0 aliphatic carbocycles. The number of fused-ring (bicyclic) bond motifs is 1. The number of rotatable bonds is 5. The average molecular weight is 417 g/mol. The molecule has 0 bridgehead atoms. The Kier molecular flexibility index (Phi) is 5.41. The molecule has 156 valence electrons. The summed E-state index contributed by atoms with van der Waals surface area (Å²) in [6.07, 6.45) is 4.91. The molecule has 7 heteroatoms. The number of hydrogen-bond donors (Lipinski definition) is 0. The summed E-state index contributed by atoms with van der Waals surface area (Å²) in [5, 5.41) is 0. The topological polar surface area (TPSA) is 84.0 Å². The van der Waals surface area contributed by atoms with Crippen LogP contribution in [0.3, 0.4) is 0 Å². The Bertz CT molecular complexity index is 1180. The van der Waals surface area contributed by atoms with Gasteiger partial charge in [-0.05, 0) is 48.9 Å². The van der Waals surface area contributed by atoms with Crippen molar-refractivity contribution in [1.29, 1.82) is 0 Å². The van der Waals surface area contributed by atoms with Gasteiger partial charge in [-0.1, -0.05) is 12.1 Å². The molecular formula is C24H19NO6. The van der Waals surface area contributed by atoms with Crippen molar-refractivity contribution in [2.24, 2.45) is 0 Å². The molecule has 0 fully saturated rings. The fourth-order valence-electron chi connectivity index (χ4n) is 3.29.